The molecule has 0 fully saturated rings. The highest BCUT2D eigenvalue weighted by Crippen LogP contribution is 2.22. The second kappa shape index (κ2) is 7.27. The fraction of sp³-hybridized carbons (Fsp3) is 0.500. The minimum absolute atomic E-state index is 0.0396. The third-order valence-corrected chi connectivity index (χ3v) is 2.98. The quantitative estimate of drug-likeness (QED) is 0.854. The second-order valence-electron chi connectivity index (χ2n) is 4.11. The Labute approximate surface area is 114 Å². The maximum atomic E-state index is 12.4. The lowest BCUT2D eigenvalue weighted by Gasteiger charge is -2.22. The summed E-state index contributed by atoms with van der Waals surface area (Å²) in [6.07, 6.45) is 0.955. The average Bonchev–Trinajstić information content (AvgIpc) is 2.37. The van der Waals surface area contributed by atoms with Crippen LogP contribution in [0.1, 0.15) is 37.6 Å². The zero-order valence-electron chi connectivity index (χ0n) is 11.3. The van der Waals surface area contributed by atoms with Crippen LogP contribution in [0.2, 0.25) is 5.02 Å². The molecule has 100 valence electrons. The molecular weight excluding hydrogens is 248 g/mol. The van der Waals surface area contributed by atoms with Gasteiger partial charge < -0.3 is 10.2 Å². The molecule has 1 rings (SSSR count). The summed E-state index contributed by atoms with van der Waals surface area (Å²) < 4.78 is 0. The van der Waals surface area contributed by atoms with E-state index in [-0.39, 0.29) is 5.91 Å². The predicted octanol–water partition coefficient (Wildman–Crippen LogP) is 3.64. The topological polar surface area (TPSA) is 32.3 Å². The molecule has 0 saturated heterocycles. The maximum absolute atomic E-state index is 12.4. The van der Waals surface area contributed by atoms with Gasteiger partial charge in [0.1, 0.15) is 0 Å². The first-order valence-electron chi connectivity index (χ1n) is 6.46. The van der Waals surface area contributed by atoms with Crippen LogP contribution in [-0.4, -0.2) is 30.4 Å². The Bertz CT molecular complexity index is 407. The molecule has 0 radical (unpaired) electrons. The van der Waals surface area contributed by atoms with Gasteiger partial charge >= 0.3 is 0 Å². The smallest absolute Gasteiger partial charge is 0.255 e. The van der Waals surface area contributed by atoms with E-state index < -0.39 is 0 Å². The number of hydrogen-bond acceptors (Lipinski definition) is 2. The average molecular weight is 269 g/mol. The number of benzene rings is 1. The SMILES string of the molecule is CCCN(CC)C(=O)c1cc(Cl)ccc1NCC. The summed E-state index contributed by atoms with van der Waals surface area (Å²) in [5, 5.41) is 3.79. The molecule has 0 aliphatic rings. The molecule has 0 bridgehead atoms. The number of carbonyl (C=O) groups excluding carboxylic acids is 1. The summed E-state index contributed by atoms with van der Waals surface area (Å²) in [5.41, 5.74) is 1.50. The summed E-state index contributed by atoms with van der Waals surface area (Å²) in [7, 11) is 0. The van der Waals surface area contributed by atoms with Crippen molar-refractivity contribution < 1.29 is 4.79 Å². The van der Waals surface area contributed by atoms with Crippen molar-refractivity contribution in [1.82, 2.24) is 4.90 Å². The van der Waals surface area contributed by atoms with Crippen LogP contribution in [0.3, 0.4) is 0 Å². The number of carbonyl (C=O) groups is 1. The highest BCUT2D eigenvalue weighted by molar-refractivity contribution is 6.31. The number of rotatable bonds is 6. The van der Waals surface area contributed by atoms with Gasteiger partial charge in [-0.25, -0.2) is 0 Å². The van der Waals surface area contributed by atoms with Gasteiger partial charge in [0.15, 0.2) is 0 Å². The molecule has 0 aliphatic heterocycles. The van der Waals surface area contributed by atoms with E-state index in [0.29, 0.717) is 17.1 Å². The molecule has 4 heteroatoms. The highest BCUT2D eigenvalue weighted by Gasteiger charge is 2.17. The van der Waals surface area contributed by atoms with Crippen molar-refractivity contribution in [3.8, 4) is 0 Å². The van der Waals surface area contributed by atoms with Crippen molar-refractivity contribution in [2.24, 2.45) is 0 Å². The molecule has 0 spiro atoms. The third kappa shape index (κ3) is 3.64. The summed E-state index contributed by atoms with van der Waals surface area (Å²) >= 11 is 5.99. The highest BCUT2D eigenvalue weighted by atomic mass is 35.5. The lowest BCUT2D eigenvalue weighted by Crippen LogP contribution is -2.32. The Morgan fingerprint density at radius 1 is 1.33 bits per heavy atom. The molecule has 18 heavy (non-hydrogen) atoms. The van der Waals surface area contributed by atoms with Crippen molar-refractivity contribution in [1.29, 1.82) is 0 Å². The molecule has 1 N–H and O–H groups in total. The summed E-state index contributed by atoms with van der Waals surface area (Å²) in [6.45, 7) is 8.33. The largest absolute Gasteiger partial charge is 0.385 e. The molecule has 0 aromatic heterocycles. The van der Waals surface area contributed by atoms with Crippen molar-refractivity contribution in [3.63, 3.8) is 0 Å². The zero-order chi connectivity index (χ0) is 13.5. The normalized spacial score (nSPS) is 10.2. The van der Waals surface area contributed by atoms with Crippen LogP contribution >= 0.6 is 11.6 Å². The molecule has 1 aromatic carbocycles. The Balaban J connectivity index is 3.05. The number of nitrogens with one attached hydrogen (secondary N) is 1. The minimum Gasteiger partial charge on any atom is -0.385 e. The molecule has 1 amide bonds. The monoisotopic (exact) mass is 268 g/mol. The van der Waals surface area contributed by atoms with Gasteiger partial charge in [0.2, 0.25) is 0 Å². The van der Waals surface area contributed by atoms with E-state index in [2.05, 4.69) is 12.2 Å². The number of halogens is 1. The van der Waals surface area contributed by atoms with E-state index in [1.165, 1.54) is 0 Å². The van der Waals surface area contributed by atoms with Gasteiger partial charge in [-0.2, -0.15) is 0 Å². The van der Waals surface area contributed by atoms with Gasteiger partial charge in [0.25, 0.3) is 5.91 Å². The number of nitrogens with zero attached hydrogens (tertiary/aromatic N) is 1. The van der Waals surface area contributed by atoms with E-state index in [9.17, 15) is 4.79 Å². The molecule has 3 nitrogen and oxygen atoms in total. The lowest BCUT2D eigenvalue weighted by atomic mass is 10.1. The van der Waals surface area contributed by atoms with E-state index in [0.717, 1.165) is 25.2 Å². The molecule has 0 aliphatic carbocycles. The summed E-state index contributed by atoms with van der Waals surface area (Å²) in [4.78, 5) is 14.3. The fourth-order valence-electron chi connectivity index (χ4n) is 1.88. The number of anilines is 1. The molecule has 0 unspecified atom stereocenters. The molecule has 0 heterocycles. The van der Waals surface area contributed by atoms with E-state index in [1.54, 1.807) is 12.1 Å². The predicted molar refractivity (Wildman–Crippen MR) is 77.5 cm³/mol. The Morgan fingerprint density at radius 3 is 2.61 bits per heavy atom. The Kier molecular flexibility index (Phi) is 5.99. The molecule has 0 saturated carbocycles. The standard InChI is InChI=1S/C14H21ClN2O/c1-4-9-17(6-3)14(18)12-10-11(15)7-8-13(12)16-5-2/h7-8,10,16H,4-6,9H2,1-3H3. The molecular formula is C14H21ClN2O. The minimum atomic E-state index is 0.0396. The van der Waals surface area contributed by atoms with Crippen LogP contribution in [0.15, 0.2) is 18.2 Å². The van der Waals surface area contributed by atoms with Crippen molar-refractivity contribution in [2.45, 2.75) is 27.2 Å². The lowest BCUT2D eigenvalue weighted by molar-refractivity contribution is 0.0765. The van der Waals surface area contributed by atoms with Gasteiger partial charge in [-0.1, -0.05) is 18.5 Å². The van der Waals surface area contributed by atoms with Gasteiger partial charge in [0.05, 0.1) is 5.56 Å². The third-order valence-electron chi connectivity index (χ3n) is 2.74. The Morgan fingerprint density at radius 2 is 2.06 bits per heavy atom. The van der Waals surface area contributed by atoms with Crippen molar-refractivity contribution in [3.05, 3.63) is 28.8 Å². The maximum Gasteiger partial charge on any atom is 0.255 e. The first-order chi connectivity index (χ1) is 8.63. The number of amides is 1. The van der Waals surface area contributed by atoms with E-state index in [4.69, 9.17) is 11.6 Å². The number of hydrogen-bond donors (Lipinski definition) is 1. The molecule has 1 aromatic rings. The van der Waals surface area contributed by atoms with Crippen LogP contribution in [0.25, 0.3) is 0 Å². The van der Waals surface area contributed by atoms with Gasteiger partial charge in [-0.05, 0) is 38.5 Å². The summed E-state index contributed by atoms with van der Waals surface area (Å²) in [5.74, 6) is 0.0396. The second-order valence-corrected chi connectivity index (χ2v) is 4.54. The van der Waals surface area contributed by atoms with Crippen LogP contribution in [0.4, 0.5) is 5.69 Å². The Hall–Kier alpha value is -1.22. The van der Waals surface area contributed by atoms with Gasteiger partial charge in [-0.3, -0.25) is 4.79 Å². The van der Waals surface area contributed by atoms with Crippen molar-refractivity contribution >= 4 is 23.2 Å². The first kappa shape index (κ1) is 14.8. The zero-order valence-corrected chi connectivity index (χ0v) is 12.0. The van der Waals surface area contributed by atoms with Gasteiger partial charge in [0, 0.05) is 30.3 Å². The molecule has 0 atom stereocenters. The van der Waals surface area contributed by atoms with E-state index >= 15 is 0 Å². The summed E-state index contributed by atoms with van der Waals surface area (Å²) in [6, 6.07) is 5.39. The van der Waals surface area contributed by atoms with Gasteiger partial charge in [-0.15, -0.1) is 0 Å². The first-order valence-corrected chi connectivity index (χ1v) is 6.84. The fourth-order valence-corrected chi connectivity index (χ4v) is 2.05. The van der Waals surface area contributed by atoms with Crippen LogP contribution in [0, 0.1) is 0 Å². The van der Waals surface area contributed by atoms with Crippen molar-refractivity contribution in [2.75, 3.05) is 25.0 Å². The van der Waals surface area contributed by atoms with Crippen LogP contribution in [0.5, 0.6) is 0 Å². The van der Waals surface area contributed by atoms with E-state index in [1.807, 2.05) is 24.8 Å². The van der Waals surface area contributed by atoms with Crippen LogP contribution < -0.4 is 5.32 Å². The van der Waals surface area contributed by atoms with Crippen LogP contribution in [-0.2, 0) is 0 Å².